The molecule has 0 aliphatic heterocycles. The molecule has 8 nitrogen and oxygen atoms in total. The number of sulfone groups is 1. The standard InChI is InChI=1S/C33H27N5O3S/c34-25-12-14-26(15-13-25)37-33(39)31-18-22-10-11-23(32(35)36)19-30(22)38(31)20-24-17-28(16-21-6-4-5-9-29(21)24)42(40,41)27-7-2-1-3-8-27/h1-19H,20,34H2,(H3,35,36)(H,37,39). The van der Waals surface area contributed by atoms with Crippen molar-refractivity contribution >= 4 is 54.6 Å². The van der Waals surface area contributed by atoms with Crippen LogP contribution in [-0.4, -0.2) is 24.7 Å². The first-order chi connectivity index (χ1) is 20.2. The summed E-state index contributed by atoms with van der Waals surface area (Å²) >= 11 is 0. The number of fused-ring (bicyclic) bond motifs is 2. The van der Waals surface area contributed by atoms with Crippen molar-refractivity contribution in [1.29, 1.82) is 5.41 Å². The quantitative estimate of drug-likeness (QED) is 0.108. The van der Waals surface area contributed by atoms with Gasteiger partial charge in [-0.3, -0.25) is 10.2 Å². The molecule has 0 saturated carbocycles. The predicted molar refractivity (Wildman–Crippen MR) is 167 cm³/mol. The average molecular weight is 574 g/mol. The smallest absolute Gasteiger partial charge is 0.272 e. The Bertz CT molecular complexity index is 2100. The van der Waals surface area contributed by atoms with E-state index in [1.807, 2.05) is 34.9 Å². The molecule has 6 rings (SSSR count). The molecule has 1 heterocycles. The maximum Gasteiger partial charge on any atom is 0.272 e. The van der Waals surface area contributed by atoms with Crippen LogP contribution in [0.4, 0.5) is 11.4 Å². The number of rotatable bonds is 7. The molecule has 1 aromatic heterocycles. The van der Waals surface area contributed by atoms with Crippen molar-refractivity contribution in [3.8, 4) is 0 Å². The summed E-state index contributed by atoms with van der Waals surface area (Å²) in [7, 11) is -3.81. The van der Waals surface area contributed by atoms with Crippen LogP contribution in [0.3, 0.4) is 0 Å². The van der Waals surface area contributed by atoms with E-state index in [1.165, 1.54) is 0 Å². The van der Waals surface area contributed by atoms with E-state index < -0.39 is 9.84 Å². The molecule has 0 radical (unpaired) electrons. The number of benzene rings is 5. The van der Waals surface area contributed by atoms with E-state index in [0.29, 0.717) is 28.1 Å². The first-order valence-electron chi connectivity index (χ1n) is 13.2. The second-order valence-electron chi connectivity index (χ2n) is 10.00. The van der Waals surface area contributed by atoms with Gasteiger partial charge in [0.25, 0.3) is 5.91 Å². The Labute approximate surface area is 242 Å². The fourth-order valence-corrected chi connectivity index (χ4v) is 6.46. The minimum atomic E-state index is -3.81. The van der Waals surface area contributed by atoms with Crippen molar-refractivity contribution in [2.75, 3.05) is 11.1 Å². The van der Waals surface area contributed by atoms with Gasteiger partial charge in [-0.2, -0.15) is 0 Å². The maximum absolute atomic E-state index is 13.6. The third kappa shape index (κ3) is 4.97. The molecule has 0 spiro atoms. The number of nitrogen functional groups attached to an aromatic ring is 2. The number of nitrogens with one attached hydrogen (secondary N) is 2. The van der Waals surface area contributed by atoms with E-state index in [4.69, 9.17) is 16.9 Å². The highest BCUT2D eigenvalue weighted by Crippen LogP contribution is 2.31. The third-order valence-electron chi connectivity index (χ3n) is 7.23. The molecule has 0 unspecified atom stereocenters. The topological polar surface area (TPSA) is 144 Å². The molecule has 6 N–H and O–H groups in total. The van der Waals surface area contributed by atoms with Crippen LogP contribution in [0.25, 0.3) is 21.7 Å². The molecule has 0 aliphatic rings. The zero-order valence-corrected chi connectivity index (χ0v) is 23.2. The molecule has 0 aliphatic carbocycles. The van der Waals surface area contributed by atoms with E-state index in [-0.39, 0.29) is 28.1 Å². The number of anilines is 2. The normalized spacial score (nSPS) is 11.5. The molecule has 5 aromatic carbocycles. The van der Waals surface area contributed by atoms with Crippen molar-refractivity contribution in [2.45, 2.75) is 16.3 Å². The van der Waals surface area contributed by atoms with Crippen molar-refractivity contribution in [3.63, 3.8) is 0 Å². The van der Waals surface area contributed by atoms with E-state index >= 15 is 0 Å². The van der Waals surface area contributed by atoms with Crippen LogP contribution < -0.4 is 16.8 Å². The van der Waals surface area contributed by atoms with Crippen LogP contribution in [0.5, 0.6) is 0 Å². The first-order valence-corrected chi connectivity index (χ1v) is 14.7. The number of amidine groups is 1. The molecule has 0 atom stereocenters. The van der Waals surface area contributed by atoms with Crippen LogP contribution in [0, 0.1) is 5.41 Å². The van der Waals surface area contributed by atoms with Gasteiger partial charge in [-0.15, -0.1) is 0 Å². The molecule has 208 valence electrons. The maximum atomic E-state index is 13.6. The lowest BCUT2D eigenvalue weighted by molar-refractivity contribution is 0.101. The monoisotopic (exact) mass is 573 g/mol. The number of hydrogen-bond acceptors (Lipinski definition) is 5. The van der Waals surface area contributed by atoms with Crippen LogP contribution in [0.2, 0.25) is 0 Å². The Morgan fingerprint density at radius 2 is 1.50 bits per heavy atom. The number of amides is 1. The summed E-state index contributed by atoms with van der Waals surface area (Å²) in [5.74, 6) is -0.448. The van der Waals surface area contributed by atoms with Crippen molar-refractivity contribution in [2.24, 2.45) is 5.73 Å². The summed E-state index contributed by atoms with van der Waals surface area (Å²) in [6.07, 6.45) is 0. The van der Waals surface area contributed by atoms with Crippen molar-refractivity contribution in [3.05, 3.63) is 132 Å². The first kappa shape index (κ1) is 26.8. The van der Waals surface area contributed by atoms with Gasteiger partial charge in [-0.25, -0.2) is 8.42 Å². The molecular weight excluding hydrogens is 546 g/mol. The van der Waals surface area contributed by atoms with E-state index in [0.717, 1.165) is 21.7 Å². The summed E-state index contributed by atoms with van der Waals surface area (Å²) in [5.41, 5.74) is 15.0. The second kappa shape index (κ2) is 10.5. The Morgan fingerprint density at radius 3 is 2.24 bits per heavy atom. The van der Waals surface area contributed by atoms with E-state index in [2.05, 4.69) is 5.32 Å². The molecule has 0 fully saturated rings. The number of carbonyl (C=O) groups excluding carboxylic acids is 1. The lowest BCUT2D eigenvalue weighted by Gasteiger charge is -2.16. The van der Waals surface area contributed by atoms with Crippen LogP contribution >= 0.6 is 0 Å². The van der Waals surface area contributed by atoms with Crippen LogP contribution in [0.15, 0.2) is 125 Å². The summed E-state index contributed by atoms with van der Waals surface area (Å²) < 4.78 is 29.1. The lowest BCUT2D eigenvalue weighted by atomic mass is 10.0. The van der Waals surface area contributed by atoms with Gasteiger partial charge in [-0.05, 0) is 77.0 Å². The predicted octanol–water partition coefficient (Wildman–Crippen LogP) is 5.79. The fourth-order valence-electron chi connectivity index (χ4n) is 5.09. The summed E-state index contributed by atoms with van der Waals surface area (Å²) in [5, 5.41) is 13.3. The molecule has 1 amide bonds. The second-order valence-corrected chi connectivity index (χ2v) is 11.9. The highest BCUT2D eigenvalue weighted by molar-refractivity contribution is 7.91. The van der Waals surface area contributed by atoms with E-state index in [9.17, 15) is 13.2 Å². The molecule has 0 bridgehead atoms. The lowest BCUT2D eigenvalue weighted by Crippen LogP contribution is -2.18. The van der Waals surface area contributed by atoms with Crippen LogP contribution in [-0.2, 0) is 16.4 Å². The highest BCUT2D eigenvalue weighted by Gasteiger charge is 2.22. The van der Waals surface area contributed by atoms with Crippen molar-refractivity contribution in [1.82, 2.24) is 4.57 Å². The molecule has 6 aromatic rings. The Balaban J connectivity index is 1.52. The average Bonchev–Trinajstić information content (AvgIpc) is 3.36. The van der Waals surface area contributed by atoms with Gasteiger partial charge in [0.2, 0.25) is 9.84 Å². The Hall–Kier alpha value is -5.41. The molecular formula is C33H27N5O3S. The molecule has 42 heavy (non-hydrogen) atoms. The number of nitrogens with two attached hydrogens (primary N) is 2. The number of hydrogen-bond donors (Lipinski definition) is 4. The Morgan fingerprint density at radius 1 is 0.786 bits per heavy atom. The van der Waals surface area contributed by atoms with E-state index in [1.54, 1.807) is 84.9 Å². The summed E-state index contributed by atoms with van der Waals surface area (Å²) in [6, 6.07) is 33.2. The number of aromatic nitrogens is 1. The summed E-state index contributed by atoms with van der Waals surface area (Å²) in [6.45, 7) is 0.189. The van der Waals surface area contributed by atoms with Gasteiger partial charge >= 0.3 is 0 Å². The Kier molecular flexibility index (Phi) is 6.72. The van der Waals surface area contributed by atoms with Gasteiger partial charge in [0, 0.05) is 34.4 Å². The van der Waals surface area contributed by atoms with Gasteiger partial charge in [0.15, 0.2) is 0 Å². The number of carbonyl (C=O) groups is 1. The minimum Gasteiger partial charge on any atom is -0.399 e. The summed E-state index contributed by atoms with van der Waals surface area (Å²) in [4.78, 5) is 14.0. The van der Waals surface area contributed by atoms with Crippen LogP contribution in [0.1, 0.15) is 21.6 Å². The van der Waals surface area contributed by atoms with Gasteiger partial charge in [-0.1, -0.05) is 54.6 Å². The van der Waals surface area contributed by atoms with Gasteiger partial charge in [0.05, 0.1) is 9.79 Å². The van der Waals surface area contributed by atoms with Gasteiger partial charge < -0.3 is 21.4 Å². The van der Waals surface area contributed by atoms with Gasteiger partial charge in [0.1, 0.15) is 11.5 Å². The molecule has 9 heteroatoms. The van der Waals surface area contributed by atoms with Crippen molar-refractivity contribution < 1.29 is 13.2 Å². The molecule has 0 saturated heterocycles. The zero-order chi connectivity index (χ0) is 29.4. The number of nitrogens with zero attached hydrogens (tertiary/aromatic N) is 1. The SMILES string of the molecule is N=C(N)c1ccc2cc(C(=O)Nc3ccc(N)cc3)n(Cc3cc(S(=O)(=O)c4ccccc4)cc4ccccc34)c2c1. The zero-order valence-electron chi connectivity index (χ0n) is 22.4. The third-order valence-corrected chi connectivity index (χ3v) is 8.98. The largest absolute Gasteiger partial charge is 0.399 e. The minimum absolute atomic E-state index is 0.0982. The highest BCUT2D eigenvalue weighted by atomic mass is 32.2. The fraction of sp³-hybridized carbons (Fsp3) is 0.0303.